The highest BCUT2D eigenvalue weighted by Gasteiger charge is 2.21. The third-order valence-corrected chi connectivity index (χ3v) is 5.47. The quantitative estimate of drug-likeness (QED) is 0.586. The number of benzene rings is 1. The largest absolute Gasteiger partial charge is 0.366 e. The second-order valence-corrected chi connectivity index (χ2v) is 7.38. The molecule has 0 bridgehead atoms. The normalized spacial score (nSPS) is 20.0. The van der Waals surface area contributed by atoms with Crippen molar-refractivity contribution in [2.24, 2.45) is 0 Å². The van der Waals surface area contributed by atoms with Crippen LogP contribution in [0.25, 0.3) is 0 Å². The number of nitrogens with zero attached hydrogens (tertiary/aromatic N) is 4. The molecule has 2 aliphatic heterocycles. The standard InChI is InChI=1S/C19H30N4O2/c1-20-12-14-21(15-13-20)9-5-6-17-7-8-18(19(16-17)23(24)25)22-10-3-2-4-11-22/h7-8,16H,2-6,9-15H2,1H3. The number of nitro benzene ring substituents is 1. The minimum absolute atomic E-state index is 0.214. The summed E-state index contributed by atoms with van der Waals surface area (Å²) in [6, 6.07) is 5.85. The molecule has 0 unspecified atom stereocenters. The Bertz CT molecular complexity index is 579. The van der Waals surface area contributed by atoms with Gasteiger partial charge < -0.3 is 14.7 Å². The van der Waals surface area contributed by atoms with E-state index in [1.807, 2.05) is 6.07 Å². The smallest absolute Gasteiger partial charge is 0.292 e. The highest BCUT2D eigenvalue weighted by atomic mass is 16.6. The summed E-state index contributed by atoms with van der Waals surface area (Å²) in [4.78, 5) is 18.4. The van der Waals surface area contributed by atoms with Gasteiger partial charge in [-0.3, -0.25) is 10.1 Å². The van der Waals surface area contributed by atoms with E-state index in [0.717, 1.165) is 82.7 Å². The molecule has 0 amide bonds. The average molecular weight is 346 g/mol. The molecule has 0 saturated carbocycles. The summed E-state index contributed by atoms with van der Waals surface area (Å²) >= 11 is 0. The van der Waals surface area contributed by atoms with E-state index in [4.69, 9.17) is 0 Å². The minimum Gasteiger partial charge on any atom is -0.366 e. The second kappa shape index (κ2) is 8.63. The summed E-state index contributed by atoms with van der Waals surface area (Å²) in [5.41, 5.74) is 2.16. The molecular formula is C19H30N4O2. The molecule has 1 aromatic carbocycles. The molecule has 0 N–H and O–H groups in total. The molecule has 6 nitrogen and oxygen atoms in total. The van der Waals surface area contributed by atoms with Gasteiger partial charge in [-0.2, -0.15) is 0 Å². The van der Waals surface area contributed by atoms with Crippen LogP contribution >= 0.6 is 0 Å². The first-order valence-corrected chi connectivity index (χ1v) is 9.56. The molecule has 0 aromatic heterocycles. The molecular weight excluding hydrogens is 316 g/mol. The molecule has 6 heteroatoms. The van der Waals surface area contributed by atoms with Crippen molar-refractivity contribution in [1.82, 2.24) is 9.80 Å². The van der Waals surface area contributed by atoms with Gasteiger partial charge in [0.1, 0.15) is 5.69 Å². The van der Waals surface area contributed by atoms with Crippen LogP contribution in [0.5, 0.6) is 0 Å². The number of piperidine rings is 1. The number of rotatable bonds is 6. The molecule has 0 aliphatic carbocycles. The van der Waals surface area contributed by atoms with Gasteiger partial charge in [0.05, 0.1) is 4.92 Å². The number of nitro groups is 1. The Balaban J connectivity index is 1.58. The van der Waals surface area contributed by atoms with E-state index in [9.17, 15) is 10.1 Å². The molecule has 0 radical (unpaired) electrons. The predicted octanol–water partition coefficient (Wildman–Crippen LogP) is 2.77. The Morgan fingerprint density at radius 3 is 2.44 bits per heavy atom. The van der Waals surface area contributed by atoms with Crippen molar-refractivity contribution in [3.63, 3.8) is 0 Å². The summed E-state index contributed by atoms with van der Waals surface area (Å²) in [6.45, 7) is 7.48. The van der Waals surface area contributed by atoms with Gasteiger partial charge in [-0.05, 0) is 57.3 Å². The maximum atomic E-state index is 11.5. The van der Waals surface area contributed by atoms with Gasteiger partial charge in [0.15, 0.2) is 0 Å². The molecule has 2 heterocycles. The minimum atomic E-state index is -0.214. The van der Waals surface area contributed by atoms with Crippen LogP contribution in [0.15, 0.2) is 18.2 Å². The first-order valence-electron chi connectivity index (χ1n) is 9.56. The topological polar surface area (TPSA) is 52.9 Å². The Labute approximate surface area is 150 Å². The lowest BCUT2D eigenvalue weighted by Gasteiger charge is -2.32. The summed E-state index contributed by atoms with van der Waals surface area (Å²) in [5, 5.41) is 11.5. The van der Waals surface area contributed by atoms with Gasteiger partial charge in [-0.1, -0.05) is 6.07 Å². The van der Waals surface area contributed by atoms with Crippen molar-refractivity contribution < 1.29 is 4.92 Å². The molecule has 2 aliphatic rings. The molecule has 138 valence electrons. The first kappa shape index (κ1) is 18.1. The van der Waals surface area contributed by atoms with Gasteiger partial charge in [-0.25, -0.2) is 0 Å². The van der Waals surface area contributed by atoms with Crippen molar-refractivity contribution in [3.05, 3.63) is 33.9 Å². The molecule has 2 fully saturated rings. The van der Waals surface area contributed by atoms with E-state index in [0.29, 0.717) is 0 Å². The third kappa shape index (κ3) is 4.92. The fourth-order valence-electron chi connectivity index (χ4n) is 3.85. The average Bonchev–Trinajstić information content (AvgIpc) is 2.64. The van der Waals surface area contributed by atoms with Gasteiger partial charge >= 0.3 is 0 Å². The van der Waals surface area contributed by atoms with E-state index in [1.54, 1.807) is 6.07 Å². The van der Waals surface area contributed by atoms with Crippen LogP contribution in [0.4, 0.5) is 11.4 Å². The number of anilines is 1. The molecule has 3 rings (SSSR count). The van der Waals surface area contributed by atoms with Crippen LogP contribution in [-0.4, -0.2) is 67.6 Å². The second-order valence-electron chi connectivity index (χ2n) is 7.38. The number of aryl methyl sites for hydroxylation is 1. The van der Waals surface area contributed by atoms with Crippen LogP contribution in [0.1, 0.15) is 31.2 Å². The molecule has 1 aromatic rings. The zero-order chi connectivity index (χ0) is 17.6. The molecule has 0 spiro atoms. The van der Waals surface area contributed by atoms with E-state index in [2.05, 4.69) is 27.8 Å². The zero-order valence-corrected chi connectivity index (χ0v) is 15.3. The van der Waals surface area contributed by atoms with Crippen LogP contribution < -0.4 is 4.90 Å². The fourth-order valence-corrected chi connectivity index (χ4v) is 3.85. The van der Waals surface area contributed by atoms with Crippen molar-refractivity contribution in [1.29, 1.82) is 0 Å². The zero-order valence-electron chi connectivity index (χ0n) is 15.3. The van der Waals surface area contributed by atoms with Crippen molar-refractivity contribution in [2.45, 2.75) is 32.1 Å². The van der Waals surface area contributed by atoms with Crippen LogP contribution in [0.2, 0.25) is 0 Å². The fraction of sp³-hybridized carbons (Fsp3) is 0.684. The van der Waals surface area contributed by atoms with Gasteiger partial charge in [0, 0.05) is 45.3 Å². The lowest BCUT2D eigenvalue weighted by molar-refractivity contribution is -0.384. The molecule has 2 saturated heterocycles. The summed E-state index contributed by atoms with van der Waals surface area (Å²) < 4.78 is 0. The lowest BCUT2D eigenvalue weighted by Crippen LogP contribution is -2.44. The third-order valence-electron chi connectivity index (χ3n) is 5.47. The van der Waals surface area contributed by atoms with Gasteiger partial charge in [0.25, 0.3) is 5.69 Å². The maximum Gasteiger partial charge on any atom is 0.292 e. The van der Waals surface area contributed by atoms with Crippen LogP contribution in [0, 0.1) is 10.1 Å². The van der Waals surface area contributed by atoms with E-state index >= 15 is 0 Å². The first-order chi connectivity index (χ1) is 12.1. The number of piperazine rings is 1. The Kier molecular flexibility index (Phi) is 6.26. The lowest BCUT2D eigenvalue weighted by atomic mass is 10.1. The molecule has 0 atom stereocenters. The maximum absolute atomic E-state index is 11.5. The SMILES string of the molecule is CN1CCN(CCCc2ccc(N3CCCCC3)c([N+](=O)[O-])c2)CC1. The van der Waals surface area contributed by atoms with Gasteiger partial charge in [-0.15, -0.1) is 0 Å². The van der Waals surface area contributed by atoms with E-state index in [-0.39, 0.29) is 10.6 Å². The highest BCUT2D eigenvalue weighted by molar-refractivity contribution is 5.64. The number of hydrogen-bond donors (Lipinski definition) is 0. The van der Waals surface area contributed by atoms with E-state index in [1.165, 1.54) is 6.42 Å². The Hall–Kier alpha value is -1.66. The monoisotopic (exact) mass is 346 g/mol. The van der Waals surface area contributed by atoms with Crippen LogP contribution in [0.3, 0.4) is 0 Å². The van der Waals surface area contributed by atoms with Crippen molar-refractivity contribution in [3.8, 4) is 0 Å². The summed E-state index contributed by atoms with van der Waals surface area (Å²) in [5.74, 6) is 0. The number of likely N-dealkylation sites (N-methyl/N-ethyl adjacent to an activating group) is 1. The Morgan fingerprint density at radius 2 is 1.76 bits per heavy atom. The van der Waals surface area contributed by atoms with Crippen LogP contribution in [-0.2, 0) is 6.42 Å². The van der Waals surface area contributed by atoms with Gasteiger partial charge in [0.2, 0.25) is 0 Å². The Morgan fingerprint density at radius 1 is 1.04 bits per heavy atom. The predicted molar refractivity (Wildman–Crippen MR) is 101 cm³/mol. The number of hydrogen-bond acceptors (Lipinski definition) is 5. The van der Waals surface area contributed by atoms with E-state index < -0.39 is 0 Å². The molecule has 25 heavy (non-hydrogen) atoms. The summed E-state index contributed by atoms with van der Waals surface area (Å²) in [6.07, 6.45) is 5.46. The van der Waals surface area contributed by atoms with Crippen molar-refractivity contribution >= 4 is 11.4 Å². The summed E-state index contributed by atoms with van der Waals surface area (Å²) in [7, 11) is 2.17. The highest BCUT2D eigenvalue weighted by Crippen LogP contribution is 2.31. The van der Waals surface area contributed by atoms with Crippen molar-refractivity contribution in [2.75, 3.05) is 57.8 Å².